The van der Waals surface area contributed by atoms with Crippen molar-refractivity contribution in [1.29, 1.82) is 0 Å². The van der Waals surface area contributed by atoms with Gasteiger partial charge in [0.2, 0.25) is 0 Å². The molecule has 2 unspecified atom stereocenters. The number of hydrogen-bond acceptors (Lipinski definition) is 1. The molecule has 0 aliphatic carbocycles. The molecule has 0 bridgehead atoms. The van der Waals surface area contributed by atoms with Gasteiger partial charge in [-0.2, -0.15) is 0 Å². The first kappa shape index (κ1) is 20.9. The normalized spacial score (nSPS) is 15.5. The standard InChI is InChI=1S/C20H36O2/c1-16(2)9-6-10-17(3)11-7-12-18(4)13-8-14-19(5)15-20(21)22/h8,14-18H,6-7,9-13H2,1-5H3,(H,21,22)/b14-8+,19-15+. The smallest absolute Gasteiger partial charge is 0.328 e. The second-order valence-corrected chi connectivity index (χ2v) is 7.33. The van der Waals surface area contributed by atoms with Gasteiger partial charge in [0, 0.05) is 6.08 Å². The fourth-order valence-corrected chi connectivity index (χ4v) is 2.68. The van der Waals surface area contributed by atoms with Gasteiger partial charge in [-0.3, -0.25) is 0 Å². The maximum atomic E-state index is 10.5. The van der Waals surface area contributed by atoms with E-state index in [9.17, 15) is 4.79 Å². The Hall–Kier alpha value is -1.05. The molecule has 0 aromatic heterocycles. The number of aliphatic carboxylic acids is 1. The van der Waals surface area contributed by atoms with Crippen LogP contribution in [-0.4, -0.2) is 11.1 Å². The van der Waals surface area contributed by atoms with Gasteiger partial charge in [-0.25, -0.2) is 4.79 Å². The first-order valence-electron chi connectivity index (χ1n) is 8.89. The summed E-state index contributed by atoms with van der Waals surface area (Å²) in [7, 11) is 0. The van der Waals surface area contributed by atoms with Crippen LogP contribution in [0, 0.1) is 17.8 Å². The van der Waals surface area contributed by atoms with E-state index in [-0.39, 0.29) is 0 Å². The lowest BCUT2D eigenvalue weighted by atomic mass is 9.92. The minimum Gasteiger partial charge on any atom is -0.478 e. The molecule has 22 heavy (non-hydrogen) atoms. The minimum atomic E-state index is -0.873. The zero-order chi connectivity index (χ0) is 17.0. The molecule has 0 amide bonds. The number of allylic oxidation sites excluding steroid dienone is 3. The molecule has 0 aromatic carbocycles. The van der Waals surface area contributed by atoms with Crippen LogP contribution in [0.2, 0.25) is 0 Å². The summed E-state index contributed by atoms with van der Waals surface area (Å²) in [5.74, 6) is 1.48. The molecule has 0 aliphatic heterocycles. The quantitative estimate of drug-likeness (QED) is 0.342. The topological polar surface area (TPSA) is 37.3 Å². The maximum Gasteiger partial charge on any atom is 0.328 e. The Morgan fingerprint density at radius 1 is 0.955 bits per heavy atom. The lowest BCUT2D eigenvalue weighted by Crippen LogP contribution is -1.99. The van der Waals surface area contributed by atoms with E-state index < -0.39 is 5.97 Å². The number of hydrogen-bond donors (Lipinski definition) is 1. The predicted octanol–water partition coefficient (Wildman–Crippen LogP) is 6.23. The summed E-state index contributed by atoms with van der Waals surface area (Å²) in [5.41, 5.74) is 0.804. The minimum absolute atomic E-state index is 0.678. The summed E-state index contributed by atoms with van der Waals surface area (Å²) in [6.45, 7) is 11.1. The molecule has 0 heterocycles. The van der Waals surface area contributed by atoms with Gasteiger partial charge >= 0.3 is 5.97 Å². The summed E-state index contributed by atoms with van der Waals surface area (Å²) >= 11 is 0. The van der Waals surface area contributed by atoms with Crippen LogP contribution < -0.4 is 0 Å². The molecule has 0 rings (SSSR count). The van der Waals surface area contributed by atoms with E-state index >= 15 is 0 Å². The van der Waals surface area contributed by atoms with Crippen molar-refractivity contribution < 1.29 is 9.90 Å². The number of carboxylic acid groups (broad SMARTS) is 1. The van der Waals surface area contributed by atoms with E-state index in [2.05, 4.69) is 33.8 Å². The lowest BCUT2D eigenvalue weighted by molar-refractivity contribution is -0.131. The zero-order valence-electron chi connectivity index (χ0n) is 15.3. The number of carbonyl (C=O) groups is 1. The molecule has 1 N–H and O–H groups in total. The Balaban J connectivity index is 3.75. The first-order chi connectivity index (χ1) is 10.3. The number of carboxylic acids is 1. The fourth-order valence-electron chi connectivity index (χ4n) is 2.68. The molecule has 0 radical (unpaired) electrons. The Kier molecular flexibility index (Phi) is 11.9. The molecule has 2 heteroatoms. The van der Waals surface area contributed by atoms with E-state index in [0.29, 0.717) is 5.92 Å². The van der Waals surface area contributed by atoms with Crippen LogP contribution in [-0.2, 0) is 4.79 Å². The molecule has 128 valence electrons. The molecule has 2 atom stereocenters. The molecule has 0 saturated heterocycles. The van der Waals surface area contributed by atoms with Crippen molar-refractivity contribution in [1.82, 2.24) is 0 Å². The van der Waals surface area contributed by atoms with Crippen LogP contribution in [0.3, 0.4) is 0 Å². The van der Waals surface area contributed by atoms with Gasteiger partial charge < -0.3 is 5.11 Å². The van der Waals surface area contributed by atoms with E-state index in [1.807, 2.05) is 13.0 Å². The second kappa shape index (κ2) is 12.5. The largest absolute Gasteiger partial charge is 0.478 e. The summed E-state index contributed by atoms with van der Waals surface area (Å²) in [6.07, 6.45) is 14.3. The summed E-state index contributed by atoms with van der Waals surface area (Å²) in [5, 5.41) is 8.64. The SMILES string of the molecule is CC(/C=C/CC(C)CCCC(C)CCCC(C)C)=C\C(=O)O. The average Bonchev–Trinajstić information content (AvgIpc) is 2.37. The Bertz CT molecular complexity index is 353. The third-order valence-corrected chi connectivity index (χ3v) is 4.14. The molecule has 2 nitrogen and oxygen atoms in total. The highest BCUT2D eigenvalue weighted by molar-refractivity contribution is 5.81. The van der Waals surface area contributed by atoms with Crippen molar-refractivity contribution in [2.24, 2.45) is 17.8 Å². The molecule has 0 aliphatic rings. The Morgan fingerprint density at radius 2 is 1.50 bits per heavy atom. The third-order valence-electron chi connectivity index (χ3n) is 4.14. The molecule has 0 aromatic rings. The van der Waals surface area contributed by atoms with Gasteiger partial charge in [0.05, 0.1) is 0 Å². The molecule has 0 spiro atoms. The second-order valence-electron chi connectivity index (χ2n) is 7.33. The molecule has 0 fully saturated rings. The van der Waals surface area contributed by atoms with E-state index in [4.69, 9.17) is 5.11 Å². The summed E-state index contributed by atoms with van der Waals surface area (Å²) in [6, 6.07) is 0. The van der Waals surface area contributed by atoms with Crippen LogP contribution in [0.1, 0.15) is 79.6 Å². The van der Waals surface area contributed by atoms with E-state index in [1.165, 1.54) is 44.6 Å². The molecule has 0 saturated carbocycles. The average molecular weight is 309 g/mol. The van der Waals surface area contributed by atoms with Gasteiger partial charge in [-0.05, 0) is 36.7 Å². The van der Waals surface area contributed by atoms with E-state index in [0.717, 1.165) is 23.8 Å². The van der Waals surface area contributed by atoms with Crippen LogP contribution in [0.15, 0.2) is 23.8 Å². The molecular weight excluding hydrogens is 272 g/mol. The van der Waals surface area contributed by atoms with Crippen molar-refractivity contribution in [3.05, 3.63) is 23.8 Å². The molecular formula is C20H36O2. The highest BCUT2D eigenvalue weighted by atomic mass is 16.4. The van der Waals surface area contributed by atoms with E-state index in [1.54, 1.807) is 0 Å². The van der Waals surface area contributed by atoms with Crippen LogP contribution in [0.25, 0.3) is 0 Å². The monoisotopic (exact) mass is 308 g/mol. The first-order valence-corrected chi connectivity index (χ1v) is 8.89. The van der Waals surface area contributed by atoms with Crippen molar-refractivity contribution in [2.75, 3.05) is 0 Å². The predicted molar refractivity (Wildman–Crippen MR) is 96.0 cm³/mol. The lowest BCUT2D eigenvalue weighted by Gasteiger charge is -2.14. The van der Waals surface area contributed by atoms with Crippen LogP contribution in [0.5, 0.6) is 0 Å². The van der Waals surface area contributed by atoms with Gasteiger partial charge in [0.25, 0.3) is 0 Å². The Labute approximate surface area is 137 Å². The van der Waals surface area contributed by atoms with Gasteiger partial charge in [0.1, 0.15) is 0 Å². The highest BCUT2D eigenvalue weighted by Gasteiger charge is 2.05. The summed E-state index contributed by atoms with van der Waals surface area (Å²) < 4.78 is 0. The van der Waals surface area contributed by atoms with Crippen LogP contribution in [0.4, 0.5) is 0 Å². The highest BCUT2D eigenvalue weighted by Crippen LogP contribution is 2.20. The van der Waals surface area contributed by atoms with Crippen LogP contribution >= 0.6 is 0 Å². The Morgan fingerprint density at radius 3 is 2.05 bits per heavy atom. The fraction of sp³-hybridized carbons (Fsp3) is 0.750. The third kappa shape index (κ3) is 13.9. The van der Waals surface area contributed by atoms with Crippen molar-refractivity contribution in [3.8, 4) is 0 Å². The maximum absolute atomic E-state index is 10.5. The van der Waals surface area contributed by atoms with Gasteiger partial charge in [-0.15, -0.1) is 0 Å². The van der Waals surface area contributed by atoms with Crippen molar-refractivity contribution in [2.45, 2.75) is 79.6 Å². The van der Waals surface area contributed by atoms with Gasteiger partial charge in [0.15, 0.2) is 0 Å². The van der Waals surface area contributed by atoms with Crippen molar-refractivity contribution >= 4 is 5.97 Å². The number of rotatable bonds is 12. The summed E-state index contributed by atoms with van der Waals surface area (Å²) in [4.78, 5) is 10.5. The van der Waals surface area contributed by atoms with Gasteiger partial charge in [-0.1, -0.05) is 78.4 Å². The zero-order valence-corrected chi connectivity index (χ0v) is 15.3. The van der Waals surface area contributed by atoms with Crippen molar-refractivity contribution in [3.63, 3.8) is 0 Å².